The Kier molecular flexibility index (Phi) is 5.29. The Morgan fingerprint density at radius 1 is 1.23 bits per heavy atom. The molecule has 0 aromatic carbocycles. The van der Waals surface area contributed by atoms with Gasteiger partial charge in [0.15, 0.2) is 0 Å². The van der Waals surface area contributed by atoms with Gasteiger partial charge in [0.1, 0.15) is 0 Å². The van der Waals surface area contributed by atoms with Crippen molar-refractivity contribution in [2.24, 2.45) is 0 Å². The summed E-state index contributed by atoms with van der Waals surface area (Å²) >= 11 is 0. The zero-order valence-corrected chi connectivity index (χ0v) is 9.47. The molecule has 1 rings (SSSR count). The van der Waals surface area contributed by atoms with Crippen LogP contribution in [-0.2, 0) is 0 Å². The summed E-state index contributed by atoms with van der Waals surface area (Å²) in [6.45, 7) is 6.20. The maximum Gasteiger partial charge on any atom is -0.00700 e. The summed E-state index contributed by atoms with van der Waals surface area (Å²) in [6, 6.07) is 0. The third kappa shape index (κ3) is 3.60. The van der Waals surface area contributed by atoms with E-state index in [1.54, 1.807) is 0 Å². The zero-order chi connectivity index (χ0) is 9.52. The van der Waals surface area contributed by atoms with Crippen molar-refractivity contribution >= 4 is 10.9 Å². The van der Waals surface area contributed by atoms with Crippen LogP contribution in [0.3, 0.4) is 0 Å². The van der Waals surface area contributed by atoms with Gasteiger partial charge in [0.05, 0.1) is 0 Å². The first-order valence-electron chi connectivity index (χ1n) is 5.30. The predicted molar refractivity (Wildman–Crippen MR) is 65.2 cm³/mol. The van der Waals surface area contributed by atoms with E-state index < -0.39 is 0 Å². The fourth-order valence-corrected chi connectivity index (χ4v) is 3.97. The molecule has 1 heterocycles. The van der Waals surface area contributed by atoms with Crippen LogP contribution in [0.25, 0.3) is 0 Å². The average molecular weight is 197 g/mol. The lowest BCUT2D eigenvalue weighted by Crippen LogP contribution is -2.04. The van der Waals surface area contributed by atoms with Crippen molar-refractivity contribution < 1.29 is 0 Å². The van der Waals surface area contributed by atoms with Gasteiger partial charge in [-0.25, -0.2) is 10.9 Å². The van der Waals surface area contributed by atoms with Crippen LogP contribution in [0.5, 0.6) is 0 Å². The van der Waals surface area contributed by atoms with Crippen LogP contribution in [0.1, 0.15) is 39.0 Å². The molecular weight excluding hydrogens is 176 g/mol. The fourth-order valence-electron chi connectivity index (χ4n) is 1.75. The molecule has 13 heavy (non-hydrogen) atoms. The van der Waals surface area contributed by atoms with Crippen LogP contribution in [0.2, 0.25) is 0 Å². The molecule has 0 N–H and O–H groups in total. The van der Waals surface area contributed by atoms with Gasteiger partial charge in [-0.3, -0.25) is 0 Å². The summed E-state index contributed by atoms with van der Waals surface area (Å²) in [6.07, 6.45) is 10.9. The Hall–Kier alpha value is -0.170. The normalized spacial score (nSPS) is 19.7. The van der Waals surface area contributed by atoms with E-state index in [4.69, 9.17) is 0 Å². The monoisotopic (exact) mass is 197 g/mol. The molecular formula is C12H21S. The topological polar surface area (TPSA) is 0 Å². The maximum absolute atomic E-state index is 3.92. The van der Waals surface area contributed by atoms with E-state index in [0.717, 1.165) is 11.7 Å². The zero-order valence-electron chi connectivity index (χ0n) is 8.58. The Morgan fingerprint density at radius 2 is 1.92 bits per heavy atom. The van der Waals surface area contributed by atoms with Gasteiger partial charge in [-0.15, -0.1) is 0 Å². The molecule has 0 aromatic rings. The summed E-state index contributed by atoms with van der Waals surface area (Å²) in [5.41, 5.74) is 0. The minimum Gasteiger partial charge on any atom is -0.210 e. The van der Waals surface area contributed by atoms with E-state index in [-0.39, 0.29) is 10.9 Å². The average Bonchev–Trinajstić information content (AvgIpc) is 2.65. The summed E-state index contributed by atoms with van der Waals surface area (Å²) in [4.78, 5) is 0. The van der Waals surface area contributed by atoms with Crippen molar-refractivity contribution in [1.82, 2.24) is 0 Å². The molecule has 0 bridgehead atoms. The van der Waals surface area contributed by atoms with E-state index in [1.807, 2.05) is 0 Å². The SMILES string of the molecule is [CH2]CCCC(CCC)[SH]1C=CC=C1. The van der Waals surface area contributed by atoms with E-state index in [2.05, 4.69) is 36.8 Å². The van der Waals surface area contributed by atoms with Crippen LogP contribution in [0.4, 0.5) is 0 Å². The summed E-state index contributed by atoms with van der Waals surface area (Å²) < 4.78 is 0. The Labute approximate surface area is 85.5 Å². The Morgan fingerprint density at radius 3 is 2.46 bits per heavy atom. The number of unbranched alkanes of at least 4 members (excludes halogenated alkanes) is 1. The highest BCUT2D eigenvalue weighted by atomic mass is 32.2. The number of allylic oxidation sites excluding steroid dienone is 2. The molecule has 1 aliphatic heterocycles. The van der Waals surface area contributed by atoms with Crippen LogP contribution in [0, 0.1) is 6.92 Å². The largest absolute Gasteiger partial charge is 0.210 e. The van der Waals surface area contributed by atoms with Gasteiger partial charge in [-0.2, -0.15) is 0 Å². The van der Waals surface area contributed by atoms with Crippen molar-refractivity contribution in [3.8, 4) is 0 Å². The highest BCUT2D eigenvalue weighted by Crippen LogP contribution is 2.42. The van der Waals surface area contributed by atoms with Gasteiger partial charge in [0.2, 0.25) is 0 Å². The summed E-state index contributed by atoms with van der Waals surface area (Å²) in [5.74, 6) is 0. The summed E-state index contributed by atoms with van der Waals surface area (Å²) in [5, 5.41) is 5.73. The first-order valence-corrected chi connectivity index (χ1v) is 6.85. The fraction of sp³-hybridized carbons (Fsp3) is 0.583. The van der Waals surface area contributed by atoms with Gasteiger partial charge in [0.25, 0.3) is 0 Å². The van der Waals surface area contributed by atoms with E-state index in [0.29, 0.717) is 0 Å². The standard InChI is InChI=1S/C12H21S/c1-3-5-9-12(8-4-2)13-10-6-7-11-13/h6-7,10-13H,1,3-5,8-9H2,2H3. The van der Waals surface area contributed by atoms with Crippen molar-refractivity contribution in [2.75, 3.05) is 0 Å². The molecule has 1 unspecified atom stereocenters. The number of rotatable bonds is 6. The molecule has 0 amide bonds. The molecule has 1 atom stereocenters. The molecule has 1 radical (unpaired) electrons. The molecule has 1 aliphatic rings. The molecule has 0 aromatic heterocycles. The highest BCUT2D eigenvalue weighted by molar-refractivity contribution is 8.22. The van der Waals surface area contributed by atoms with Crippen molar-refractivity contribution in [2.45, 2.75) is 44.3 Å². The molecule has 0 nitrogen and oxygen atoms in total. The predicted octanol–water partition coefficient (Wildman–Crippen LogP) is 4.20. The molecule has 75 valence electrons. The van der Waals surface area contributed by atoms with E-state index >= 15 is 0 Å². The van der Waals surface area contributed by atoms with Crippen LogP contribution in [0.15, 0.2) is 23.0 Å². The van der Waals surface area contributed by atoms with Crippen molar-refractivity contribution in [3.63, 3.8) is 0 Å². The first kappa shape index (κ1) is 10.9. The lowest BCUT2D eigenvalue weighted by atomic mass is 10.1. The maximum atomic E-state index is 3.92. The smallest absolute Gasteiger partial charge is 0.00700 e. The minimum absolute atomic E-state index is 0.0851. The molecule has 0 spiro atoms. The van der Waals surface area contributed by atoms with E-state index in [1.165, 1.54) is 25.7 Å². The third-order valence-corrected chi connectivity index (χ3v) is 4.85. The number of hydrogen-bond donors (Lipinski definition) is 1. The highest BCUT2D eigenvalue weighted by Gasteiger charge is 2.13. The Bertz CT molecular complexity index is 170. The summed E-state index contributed by atoms with van der Waals surface area (Å²) in [7, 11) is 0.0851. The second-order valence-corrected chi connectivity index (χ2v) is 5.79. The first-order chi connectivity index (χ1) is 6.38. The van der Waals surface area contributed by atoms with Crippen molar-refractivity contribution in [3.05, 3.63) is 29.9 Å². The minimum atomic E-state index is 0.0851. The van der Waals surface area contributed by atoms with Gasteiger partial charge < -0.3 is 0 Å². The molecule has 1 heteroatoms. The molecule has 0 saturated carbocycles. The van der Waals surface area contributed by atoms with Crippen molar-refractivity contribution in [1.29, 1.82) is 0 Å². The lowest BCUT2D eigenvalue weighted by molar-refractivity contribution is 0.652. The number of thiol groups is 1. The van der Waals surface area contributed by atoms with E-state index in [9.17, 15) is 0 Å². The van der Waals surface area contributed by atoms with Crippen LogP contribution in [-0.4, -0.2) is 5.25 Å². The molecule has 0 fully saturated rings. The quantitative estimate of drug-likeness (QED) is 0.606. The molecule has 0 saturated heterocycles. The third-order valence-electron chi connectivity index (χ3n) is 2.46. The van der Waals surface area contributed by atoms with Gasteiger partial charge in [-0.05, 0) is 28.9 Å². The molecule has 0 aliphatic carbocycles. The number of hydrogen-bond acceptors (Lipinski definition) is 0. The second-order valence-electron chi connectivity index (χ2n) is 3.57. The Balaban J connectivity index is 2.36. The van der Waals surface area contributed by atoms with Crippen LogP contribution >= 0.6 is 10.9 Å². The van der Waals surface area contributed by atoms with Crippen LogP contribution < -0.4 is 0 Å². The van der Waals surface area contributed by atoms with Gasteiger partial charge in [0, 0.05) is 0 Å². The van der Waals surface area contributed by atoms with Gasteiger partial charge in [-0.1, -0.05) is 45.3 Å². The van der Waals surface area contributed by atoms with Gasteiger partial charge >= 0.3 is 0 Å². The second kappa shape index (κ2) is 6.31. The lowest BCUT2D eigenvalue weighted by Gasteiger charge is -2.23.